The third kappa shape index (κ3) is 13.1. The standard InChI is InChI=1S/C32H38N4O8/c1-21(2)29(37)41-27-15-11-25(12-16-27)23(5)35-43-31(39)33-19-9-7-8-10-20-34-32(40)44-36-24(6)26-13-17-28(18-14-26)42-30(38)22(3)4/h11-18H,1,3,7-10,19-20H2,2,4-6H3,(H,33,39)(H,34,40)/b35-23+,36-24+. The molecule has 2 N–H and O–H groups in total. The number of nitrogens with zero attached hydrogens (tertiary/aromatic N) is 2. The van der Waals surface area contributed by atoms with Crippen LogP contribution >= 0.6 is 0 Å². The van der Waals surface area contributed by atoms with Gasteiger partial charge in [-0.1, -0.05) is 36.3 Å². The van der Waals surface area contributed by atoms with E-state index in [9.17, 15) is 19.2 Å². The van der Waals surface area contributed by atoms with Crippen molar-refractivity contribution in [1.29, 1.82) is 0 Å². The van der Waals surface area contributed by atoms with Crippen molar-refractivity contribution in [3.63, 3.8) is 0 Å². The van der Waals surface area contributed by atoms with E-state index in [2.05, 4.69) is 34.1 Å². The molecule has 0 saturated carbocycles. The number of benzene rings is 2. The maximum absolute atomic E-state index is 11.9. The Bertz CT molecular complexity index is 1290. The van der Waals surface area contributed by atoms with Crippen LogP contribution in [-0.2, 0) is 19.3 Å². The number of amides is 2. The fourth-order valence-electron chi connectivity index (χ4n) is 3.29. The molecule has 2 aromatic carbocycles. The number of oxime groups is 2. The van der Waals surface area contributed by atoms with Gasteiger partial charge >= 0.3 is 24.1 Å². The number of carbonyl (C=O) groups is 4. The van der Waals surface area contributed by atoms with Gasteiger partial charge in [0, 0.05) is 24.2 Å². The Balaban J connectivity index is 1.56. The lowest BCUT2D eigenvalue weighted by atomic mass is 10.1. The van der Waals surface area contributed by atoms with Gasteiger partial charge in [-0.25, -0.2) is 19.2 Å². The number of nitrogens with one attached hydrogen (secondary N) is 2. The van der Waals surface area contributed by atoms with E-state index in [-0.39, 0.29) is 0 Å². The molecule has 0 aliphatic heterocycles. The largest absolute Gasteiger partial charge is 0.433 e. The van der Waals surface area contributed by atoms with E-state index < -0.39 is 24.1 Å². The lowest BCUT2D eigenvalue weighted by Crippen LogP contribution is -2.25. The van der Waals surface area contributed by atoms with Crippen LogP contribution in [0, 0.1) is 0 Å². The minimum Gasteiger partial charge on any atom is -0.423 e. The van der Waals surface area contributed by atoms with Crippen LogP contribution in [0.3, 0.4) is 0 Å². The number of hydrogen-bond acceptors (Lipinski definition) is 10. The molecule has 12 nitrogen and oxygen atoms in total. The van der Waals surface area contributed by atoms with E-state index >= 15 is 0 Å². The Morgan fingerprint density at radius 2 is 0.932 bits per heavy atom. The van der Waals surface area contributed by atoms with E-state index in [4.69, 9.17) is 19.1 Å². The molecule has 0 unspecified atom stereocenters. The summed E-state index contributed by atoms with van der Waals surface area (Å²) in [4.78, 5) is 56.8. The first kappa shape index (κ1) is 34.9. The molecular weight excluding hydrogens is 568 g/mol. The van der Waals surface area contributed by atoms with E-state index in [0.29, 0.717) is 58.3 Å². The highest BCUT2D eigenvalue weighted by molar-refractivity contribution is 5.99. The highest BCUT2D eigenvalue weighted by Crippen LogP contribution is 2.15. The van der Waals surface area contributed by atoms with Gasteiger partial charge in [-0.3, -0.25) is 9.68 Å². The lowest BCUT2D eigenvalue weighted by Gasteiger charge is -2.06. The van der Waals surface area contributed by atoms with Gasteiger partial charge in [-0.05, 0) is 100 Å². The topological polar surface area (TPSA) is 154 Å². The summed E-state index contributed by atoms with van der Waals surface area (Å²) in [7, 11) is 0. The summed E-state index contributed by atoms with van der Waals surface area (Å²) in [6.45, 7) is 14.4. The van der Waals surface area contributed by atoms with Gasteiger partial charge in [-0.2, -0.15) is 0 Å². The average Bonchev–Trinajstić information content (AvgIpc) is 3.00. The minimum atomic E-state index is -0.668. The van der Waals surface area contributed by atoms with Crippen LogP contribution in [0.1, 0.15) is 64.5 Å². The van der Waals surface area contributed by atoms with E-state index in [1.807, 2.05) is 0 Å². The van der Waals surface area contributed by atoms with Crippen molar-refractivity contribution in [2.24, 2.45) is 10.3 Å². The second kappa shape index (κ2) is 18.3. The number of hydrogen-bond donors (Lipinski definition) is 2. The van der Waals surface area contributed by atoms with Crippen molar-refractivity contribution in [3.05, 3.63) is 84.0 Å². The quantitative estimate of drug-likeness (QED) is 0.0490. The monoisotopic (exact) mass is 606 g/mol. The van der Waals surface area contributed by atoms with Gasteiger partial charge < -0.3 is 20.1 Å². The molecule has 0 bridgehead atoms. The van der Waals surface area contributed by atoms with Gasteiger partial charge in [0.1, 0.15) is 11.5 Å². The van der Waals surface area contributed by atoms with Gasteiger partial charge in [0.2, 0.25) is 0 Å². The molecule has 234 valence electrons. The molecule has 2 amide bonds. The summed E-state index contributed by atoms with van der Waals surface area (Å²) in [5, 5.41) is 12.9. The lowest BCUT2D eigenvalue weighted by molar-refractivity contribution is -0.130. The summed E-state index contributed by atoms with van der Waals surface area (Å²) in [6.07, 6.45) is 1.77. The van der Waals surface area contributed by atoms with Crippen LogP contribution in [0.5, 0.6) is 11.5 Å². The molecule has 12 heteroatoms. The number of esters is 2. The van der Waals surface area contributed by atoms with Crippen LogP contribution in [0.25, 0.3) is 0 Å². The van der Waals surface area contributed by atoms with Crippen molar-refractivity contribution in [1.82, 2.24) is 10.6 Å². The maximum Gasteiger partial charge on any atom is 0.433 e. The van der Waals surface area contributed by atoms with Crippen LogP contribution in [0.2, 0.25) is 0 Å². The Labute approximate surface area is 256 Å². The van der Waals surface area contributed by atoms with Crippen molar-refractivity contribution in [3.8, 4) is 11.5 Å². The van der Waals surface area contributed by atoms with Gasteiger partial charge in [-0.15, -0.1) is 0 Å². The molecule has 0 fully saturated rings. The van der Waals surface area contributed by atoms with Gasteiger partial charge in [0.15, 0.2) is 0 Å². The van der Waals surface area contributed by atoms with Crippen LogP contribution in [0.15, 0.2) is 83.1 Å². The number of ether oxygens (including phenoxy) is 2. The van der Waals surface area contributed by atoms with Crippen molar-refractivity contribution < 1.29 is 38.3 Å². The van der Waals surface area contributed by atoms with Crippen molar-refractivity contribution in [2.45, 2.75) is 53.4 Å². The molecule has 44 heavy (non-hydrogen) atoms. The highest BCUT2D eigenvalue weighted by atomic mass is 16.7. The maximum atomic E-state index is 11.9. The smallest absolute Gasteiger partial charge is 0.423 e. The van der Waals surface area contributed by atoms with Crippen LogP contribution in [0.4, 0.5) is 9.59 Å². The number of unbranched alkanes of at least 4 members (excludes halogenated alkanes) is 3. The molecule has 0 spiro atoms. The fraction of sp³-hybridized carbons (Fsp3) is 0.312. The number of rotatable bonds is 15. The Morgan fingerprint density at radius 1 is 0.591 bits per heavy atom. The van der Waals surface area contributed by atoms with E-state index in [1.165, 1.54) is 0 Å². The molecule has 0 aromatic heterocycles. The van der Waals surface area contributed by atoms with Gasteiger partial charge in [0.25, 0.3) is 0 Å². The summed E-state index contributed by atoms with van der Waals surface area (Å²) in [6, 6.07) is 13.2. The molecule has 0 aliphatic carbocycles. The normalized spacial score (nSPS) is 11.2. The zero-order valence-corrected chi connectivity index (χ0v) is 25.4. The Kier molecular flexibility index (Phi) is 14.5. The first-order valence-corrected chi connectivity index (χ1v) is 13.9. The van der Waals surface area contributed by atoms with Crippen molar-refractivity contribution >= 4 is 35.5 Å². The molecular formula is C32H38N4O8. The van der Waals surface area contributed by atoms with Crippen LogP contribution < -0.4 is 20.1 Å². The predicted molar refractivity (Wildman–Crippen MR) is 166 cm³/mol. The zero-order chi connectivity index (χ0) is 32.5. The molecule has 0 atom stereocenters. The number of carbonyl (C=O) groups excluding carboxylic acids is 4. The predicted octanol–water partition coefficient (Wildman–Crippen LogP) is 5.81. The SMILES string of the molecule is C=C(C)C(=O)Oc1ccc(/C(C)=N/OC(=O)NCCCCCCNC(=O)O/N=C(\C)c2ccc(OC(=O)C(=C)C)cc2)cc1. The third-order valence-electron chi connectivity index (χ3n) is 5.84. The van der Waals surface area contributed by atoms with E-state index in [0.717, 1.165) is 25.7 Å². The Morgan fingerprint density at radius 3 is 1.25 bits per heavy atom. The highest BCUT2D eigenvalue weighted by Gasteiger charge is 2.09. The first-order valence-electron chi connectivity index (χ1n) is 13.9. The Hall–Kier alpha value is -5.26. The molecule has 2 rings (SSSR count). The first-order chi connectivity index (χ1) is 21.0. The summed E-state index contributed by atoms with van der Waals surface area (Å²) < 4.78 is 10.3. The zero-order valence-electron chi connectivity index (χ0n) is 25.4. The van der Waals surface area contributed by atoms with E-state index in [1.54, 1.807) is 76.2 Å². The summed E-state index contributed by atoms with van der Waals surface area (Å²) in [5.74, 6) is -0.281. The molecule has 2 aromatic rings. The molecule has 0 aliphatic rings. The summed E-state index contributed by atoms with van der Waals surface area (Å²) >= 11 is 0. The summed E-state index contributed by atoms with van der Waals surface area (Å²) in [5.41, 5.74) is 2.94. The van der Waals surface area contributed by atoms with Crippen molar-refractivity contribution in [2.75, 3.05) is 13.1 Å². The second-order valence-electron chi connectivity index (χ2n) is 9.77. The average molecular weight is 607 g/mol. The van der Waals surface area contributed by atoms with Crippen LogP contribution in [-0.4, -0.2) is 48.6 Å². The van der Waals surface area contributed by atoms with Gasteiger partial charge in [0.05, 0.1) is 11.4 Å². The molecule has 0 radical (unpaired) electrons. The molecule has 0 saturated heterocycles. The fourth-order valence-corrected chi connectivity index (χ4v) is 3.29. The second-order valence-corrected chi connectivity index (χ2v) is 9.77. The third-order valence-corrected chi connectivity index (χ3v) is 5.84. The minimum absolute atomic E-state index is 0.297. The molecule has 0 heterocycles.